The first-order valence-electron chi connectivity index (χ1n) is 5.74. The highest BCUT2D eigenvalue weighted by atomic mass is 32.1. The molecule has 0 spiro atoms. The normalized spacial score (nSPS) is 12.2. The molecule has 6 heteroatoms. The molecular formula is C13H13FN2O2S. The molecule has 0 radical (unpaired) electrons. The third-order valence-electron chi connectivity index (χ3n) is 2.39. The van der Waals surface area contributed by atoms with E-state index in [0.29, 0.717) is 10.7 Å². The number of nitrogens with zero attached hydrogens (tertiary/aromatic N) is 1. The molecule has 19 heavy (non-hydrogen) atoms. The second-order valence-electron chi connectivity index (χ2n) is 4.10. The van der Waals surface area contributed by atoms with E-state index in [1.165, 1.54) is 23.5 Å². The molecule has 1 unspecified atom stereocenters. The second kappa shape index (κ2) is 5.90. The van der Waals surface area contributed by atoms with Crippen molar-refractivity contribution >= 4 is 17.2 Å². The zero-order valence-corrected chi connectivity index (χ0v) is 11.1. The van der Waals surface area contributed by atoms with E-state index in [4.69, 9.17) is 5.11 Å². The summed E-state index contributed by atoms with van der Waals surface area (Å²) in [5, 5.41) is 13.9. The molecule has 2 N–H and O–H groups in total. The zero-order valence-electron chi connectivity index (χ0n) is 10.3. The largest absolute Gasteiger partial charge is 0.392 e. The number of nitrogens with one attached hydrogen (secondary N) is 1. The molecule has 1 aromatic carbocycles. The number of thiazole rings is 1. The van der Waals surface area contributed by atoms with E-state index in [1.54, 1.807) is 24.4 Å². The second-order valence-corrected chi connectivity index (χ2v) is 4.96. The van der Waals surface area contributed by atoms with E-state index < -0.39 is 6.10 Å². The van der Waals surface area contributed by atoms with Gasteiger partial charge in [-0.2, -0.15) is 0 Å². The summed E-state index contributed by atoms with van der Waals surface area (Å²) in [5.74, 6) is -0.638. The lowest BCUT2D eigenvalue weighted by molar-refractivity contribution is 0.0920. The van der Waals surface area contributed by atoms with Crippen LogP contribution in [0.5, 0.6) is 0 Å². The number of rotatable bonds is 4. The molecule has 0 saturated heterocycles. The van der Waals surface area contributed by atoms with Crippen molar-refractivity contribution in [3.63, 3.8) is 0 Å². The van der Waals surface area contributed by atoms with E-state index in [-0.39, 0.29) is 18.3 Å². The zero-order chi connectivity index (χ0) is 13.8. The van der Waals surface area contributed by atoms with Gasteiger partial charge in [0.1, 0.15) is 16.5 Å². The number of hydrogen-bond acceptors (Lipinski definition) is 4. The molecule has 1 aromatic heterocycles. The predicted molar refractivity (Wildman–Crippen MR) is 71.5 cm³/mol. The van der Waals surface area contributed by atoms with E-state index in [2.05, 4.69) is 10.3 Å². The lowest BCUT2D eigenvalue weighted by atomic mass is 10.2. The minimum atomic E-state index is -0.598. The van der Waals surface area contributed by atoms with Crippen LogP contribution in [-0.2, 0) is 0 Å². The molecule has 0 aliphatic heterocycles. The maximum atomic E-state index is 12.8. The van der Waals surface area contributed by atoms with Crippen molar-refractivity contribution in [3.8, 4) is 10.6 Å². The Hall–Kier alpha value is -1.79. The van der Waals surface area contributed by atoms with Crippen molar-refractivity contribution in [2.75, 3.05) is 6.54 Å². The summed E-state index contributed by atoms with van der Waals surface area (Å²) in [6.07, 6.45) is -0.598. The molecule has 1 heterocycles. The Morgan fingerprint density at radius 3 is 2.79 bits per heavy atom. The molecule has 0 saturated carbocycles. The third kappa shape index (κ3) is 3.59. The SMILES string of the molecule is CC(O)CNC(=O)c1csc(-c2ccc(F)cc2)n1. The van der Waals surface area contributed by atoms with Gasteiger partial charge in [-0.3, -0.25) is 4.79 Å². The summed E-state index contributed by atoms with van der Waals surface area (Å²) in [6, 6.07) is 5.94. The molecule has 4 nitrogen and oxygen atoms in total. The summed E-state index contributed by atoms with van der Waals surface area (Å²) >= 11 is 1.31. The van der Waals surface area contributed by atoms with Gasteiger partial charge in [0.15, 0.2) is 0 Å². The highest BCUT2D eigenvalue weighted by Gasteiger charge is 2.12. The van der Waals surface area contributed by atoms with Gasteiger partial charge in [-0.15, -0.1) is 11.3 Å². The van der Waals surface area contributed by atoms with E-state index >= 15 is 0 Å². The molecule has 0 aliphatic rings. The Labute approximate surface area is 113 Å². The highest BCUT2D eigenvalue weighted by Crippen LogP contribution is 2.23. The van der Waals surface area contributed by atoms with Crippen LogP contribution in [0.1, 0.15) is 17.4 Å². The maximum Gasteiger partial charge on any atom is 0.270 e. The molecular weight excluding hydrogens is 267 g/mol. The summed E-state index contributed by atoms with van der Waals surface area (Å²) in [7, 11) is 0. The topological polar surface area (TPSA) is 62.2 Å². The number of halogens is 1. The van der Waals surface area contributed by atoms with E-state index in [1.807, 2.05) is 0 Å². The number of aliphatic hydroxyl groups excluding tert-OH is 1. The number of aliphatic hydroxyl groups is 1. The van der Waals surface area contributed by atoms with Gasteiger partial charge in [-0.25, -0.2) is 9.37 Å². The van der Waals surface area contributed by atoms with Gasteiger partial charge in [0, 0.05) is 17.5 Å². The minimum Gasteiger partial charge on any atom is -0.392 e. The van der Waals surface area contributed by atoms with Crippen molar-refractivity contribution in [1.29, 1.82) is 0 Å². The molecule has 0 bridgehead atoms. The number of aromatic nitrogens is 1. The first-order valence-corrected chi connectivity index (χ1v) is 6.62. The number of benzene rings is 1. The van der Waals surface area contributed by atoms with Crippen molar-refractivity contribution in [1.82, 2.24) is 10.3 Å². The number of hydrogen-bond donors (Lipinski definition) is 2. The van der Waals surface area contributed by atoms with Crippen molar-refractivity contribution in [3.05, 3.63) is 41.2 Å². The van der Waals surface area contributed by atoms with Crippen LogP contribution < -0.4 is 5.32 Å². The van der Waals surface area contributed by atoms with Crippen LogP contribution in [0.15, 0.2) is 29.6 Å². The Balaban J connectivity index is 2.10. The van der Waals surface area contributed by atoms with Gasteiger partial charge in [-0.05, 0) is 31.2 Å². The molecule has 0 aliphatic carbocycles. The number of carbonyl (C=O) groups is 1. The Morgan fingerprint density at radius 2 is 2.16 bits per heavy atom. The Bertz CT molecular complexity index is 566. The van der Waals surface area contributed by atoms with Crippen molar-refractivity contribution in [2.24, 2.45) is 0 Å². The molecule has 1 atom stereocenters. The third-order valence-corrected chi connectivity index (χ3v) is 3.28. The van der Waals surface area contributed by atoms with E-state index in [9.17, 15) is 9.18 Å². The molecule has 1 amide bonds. The van der Waals surface area contributed by atoms with E-state index in [0.717, 1.165) is 5.56 Å². The van der Waals surface area contributed by atoms with Crippen LogP contribution in [0.3, 0.4) is 0 Å². The monoisotopic (exact) mass is 280 g/mol. The van der Waals surface area contributed by atoms with Crippen LogP contribution >= 0.6 is 11.3 Å². The van der Waals surface area contributed by atoms with Crippen LogP contribution in [0.4, 0.5) is 4.39 Å². The average Bonchev–Trinajstić information content (AvgIpc) is 2.86. The molecule has 2 aromatic rings. The summed E-state index contributed by atoms with van der Waals surface area (Å²) in [6.45, 7) is 1.77. The molecule has 0 fully saturated rings. The first-order chi connectivity index (χ1) is 9.06. The predicted octanol–water partition coefficient (Wildman–Crippen LogP) is 2.06. The fraction of sp³-hybridized carbons (Fsp3) is 0.231. The van der Waals surface area contributed by atoms with Gasteiger partial charge >= 0.3 is 0 Å². The fourth-order valence-corrected chi connectivity index (χ4v) is 2.24. The van der Waals surface area contributed by atoms with Gasteiger partial charge in [-0.1, -0.05) is 0 Å². The summed E-state index contributed by atoms with van der Waals surface area (Å²) < 4.78 is 12.8. The lowest BCUT2D eigenvalue weighted by Crippen LogP contribution is -2.30. The van der Waals surface area contributed by atoms with Crippen LogP contribution in [0.25, 0.3) is 10.6 Å². The Morgan fingerprint density at radius 1 is 1.47 bits per heavy atom. The van der Waals surface area contributed by atoms with Crippen LogP contribution in [0, 0.1) is 5.82 Å². The highest BCUT2D eigenvalue weighted by molar-refractivity contribution is 7.13. The van der Waals surface area contributed by atoms with Crippen molar-refractivity contribution < 1.29 is 14.3 Å². The van der Waals surface area contributed by atoms with Gasteiger partial charge in [0.2, 0.25) is 0 Å². The standard InChI is InChI=1S/C13H13FN2O2S/c1-8(17)6-15-12(18)11-7-19-13(16-11)9-2-4-10(14)5-3-9/h2-5,7-8,17H,6H2,1H3,(H,15,18). The smallest absolute Gasteiger partial charge is 0.270 e. The fourth-order valence-electron chi connectivity index (χ4n) is 1.43. The Kier molecular flexibility index (Phi) is 4.24. The van der Waals surface area contributed by atoms with Crippen molar-refractivity contribution in [2.45, 2.75) is 13.0 Å². The van der Waals surface area contributed by atoms with Gasteiger partial charge < -0.3 is 10.4 Å². The number of amides is 1. The maximum absolute atomic E-state index is 12.8. The first kappa shape index (κ1) is 13.6. The lowest BCUT2D eigenvalue weighted by Gasteiger charge is -2.04. The minimum absolute atomic E-state index is 0.183. The van der Waals surface area contributed by atoms with Crippen LogP contribution in [-0.4, -0.2) is 28.6 Å². The van der Waals surface area contributed by atoms with Gasteiger partial charge in [0.25, 0.3) is 5.91 Å². The average molecular weight is 280 g/mol. The summed E-state index contributed by atoms with van der Waals surface area (Å²) in [4.78, 5) is 15.9. The molecule has 100 valence electrons. The molecule has 2 rings (SSSR count). The van der Waals surface area contributed by atoms with Crippen LogP contribution in [0.2, 0.25) is 0 Å². The van der Waals surface area contributed by atoms with Gasteiger partial charge in [0.05, 0.1) is 6.10 Å². The quantitative estimate of drug-likeness (QED) is 0.901. The number of carbonyl (C=O) groups excluding carboxylic acids is 1. The summed E-state index contributed by atoms with van der Waals surface area (Å²) in [5.41, 5.74) is 1.06.